The lowest BCUT2D eigenvalue weighted by Crippen LogP contribution is -2.39. The molecule has 1 aliphatic rings. The number of urea groups is 1. The van der Waals surface area contributed by atoms with E-state index in [-0.39, 0.29) is 11.9 Å². The van der Waals surface area contributed by atoms with Crippen molar-refractivity contribution in [2.75, 3.05) is 23.7 Å². The van der Waals surface area contributed by atoms with Crippen LogP contribution >= 0.6 is 0 Å². The van der Waals surface area contributed by atoms with Crippen molar-refractivity contribution in [2.45, 2.75) is 18.9 Å². The van der Waals surface area contributed by atoms with E-state index in [1.165, 1.54) is 18.2 Å². The number of likely N-dealkylation sites (tertiary alicyclic amines) is 1. The van der Waals surface area contributed by atoms with Crippen LogP contribution in [0.3, 0.4) is 0 Å². The standard InChI is InChI=1S/C22H22FN5O2/c23-17-7-4-8-18(15-17)25-22(30)26-20-9-12-24-28(20)19-10-13-27(14-11-19)21(29)16-5-2-1-3-6-16/h1-9,12,15,19H,10-11,13-14H2,(H2,25,26,30). The summed E-state index contributed by atoms with van der Waals surface area (Å²) in [5, 5.41) is 9.72. The number of nitrogens with zero attached hydrogens (tertiary/aromatic N) is 3. The molecule has 30 heavy (non-hydrogen) atoms. The fourth-order valence-electron chi connectivity index (χ4n) is 3.63. The Morgan fingerprint density at radius 2 is 1.73 bits per heavy atom. The molecule has 0 saturated carbocycles. The van der Waals surface area contributed by atoms with Crippen LogP contribution in [-0.4, -0.2) is 39.7 Å². The number of aromatic nitrogens is 2. The van der Waals surface area contributed by atoms with Gasteiger partial charge in [-0.2, -0.15) is 5.10 Å². The van der Waals surface area contributed by atoms with E-state index in [1.807, 2.05) is 35.2 Å². The molecular weight excluding hydrogens is 385 g/mol. The van der Waals surface area contributed by atoms with Gasteiger partial charge in [0.2, 0.25) is 0 Å². The fourth-order valence-corrected chi connectivity index (χ4v) is 3.63. The van der Waals surface area contributed by atoms with Gasteiger partial charge in [-0.25, -0.2) is 13.9 Å². The Labute approximate surface area is 173 Å². The Kier molecular flexibility index (Phi) is 5.74. The van der Waals surface area contributed by atoms with Crippen molar-refractivity contribution in [3.8, 4) is 0 Å². The zero-order valence-electron chi connectivity index (χ0n) is 16.3. The number of rotatable bonds is 4. The van der Waals surface area contributed by atoms with Crippen molar-refractivity contribution >= 4 is 23.4 Å². The van der Waals surface area contributed by atoms with E-state index in [4.69, 9.17) is 0 Å². The number of halogens is 1. The number of piperidine rings is 1. The highest BCUT2D eigenvalue weighted by molar-refractivity contribution is 5.99. The molecule has 4 rings (SSSR count). The second-order valence-electron chi connectivity index (χ2n) is 7.14. The molecular formula is C22H22FN5O2. The van der Waals surface area contributed by atoms with Crippen LogP contribution in [-0.2, 0) is 0 Å². The minimum atomic E-state index is -0.473. The van der Waals surface area contributed by atoms with Gasteiger partial charge >= 0.3 is 6.03 Å². The molecule has 2 aromatic carbocycles. The first kappa shape index (κ1) is 19.6. The molecule has 0 bridgehead atoms. The van der Waals surface area contributed by atoms with Gasteiger partial charge in [0.1, 0.15) is 11.6 Å². The van der Waals surface area contributed by atoms with Crippen molar-refractivity contribution in [1.29, 1.82) is 0 Å². The average Bonchev–Trinajstić information content (AvgIpc) is 3.22. The van der Waals surface area contributed by atoms with Crippen LogP contribution in [0.5, 0.6) is 0 Å². The van der Waals surface area contributed by atoms with Gasteiger partial charge in [0.15, 0.2) is 0 Å². The van der Waals surface area contributed by atoms with Gasteiger partial charge in [0, 0.05) is 30.4 Å². The number of anilines is 2. The van der Waals surface area contributed by atoms with E-state index in [9.17, 15) is 14.0 Å². The average molecular weight is 407 g/mol. The van der Waals surface area contributed by atoms with Gasteiger partial charge in [0.05, 0.1) is 12.2 Å². The molecule has 2 N–H and O–H groups in total. The summed E-state index contributed by atoms with van der Waals surface area (Å²) in [7, 11) is 0. The van der Waals surface area contributed by atoms with Crippen LogP contribution < -0.4 is 10.6 Å². The van der Waals surface area contributed by atoms with E-state index in [2.05, 4.69) is 15.7 Å². The molecule has 0 aliphatic carbocycles. The lowest BCUT2D eigenvalue weighted by molar-refractivity contribution is 0.0691. The third kappa shape index (κ3) is 4.48. The Morgan fingerprint density at radius 1 is 0.967 bits per heavy atom. The highest BCUT2D eigenvalue weighted by Gasteiger charge is 2.26. The van der Waals surface area contributed by atoms with Crippen LogP contribution in [0.1, 0.15) is 29.2 Å². The van der Waals surface area contributed by atoms with Crippen LogP contribution in [0, 0.1) is 5.82 Å². The first-order chi connectivity index (χ1) is 14.6. The molecule has 1 aromatic heterocycles. The normalized spacial score (nSPS) is 14.4. The van der Waals surface area contributed by atoms with E-state index in [0.29, 0.717) is 30.2 Å². The molecule has 8 heteroatoms. The van der Waals surface area contributed by atoms with Crippen LogP contribution in [0.25, 0.3) is 0 Å². The predicted molar refractivity (Wildman–Crippen MR) is 112 cm³/mol. The highest BCUT2D eigenvalue weighted by Crippen LogP contribution is 2.26. The molecule has 0 unspecified atom stereocenters. The minimum Gasteiger partial charge on any atom is -0.338 e. The summed E-state index contributed by atoms with van der Waals surface area (Å²) in [6.45, 7) is 1.24. The Hall–Kier alpha value is -3.68. The Morgan fingerprint density at radius 3 is 2.47 bits per heavy atom. The van der Waals surface area contributed by atoms with Gasteiger partial charge in [0.25, 0.3) is 5.91 Å². The predicted octanol–water partition coefficient (Wildman–Crippen LogP) is 4.14. The first-order valence-electron chi connectivity index (χ1n) is 9.81. The number of benzene rings is 2. The summed E-state index contributed by atoms with van der Waals surface area (Å²) in [5.41, 5.74) is 1.05. The molecule has 154 valence electrons. The third-order valence-electron chi connectivity index (χ3n) is 5.11. The monoisotopic (exact) mass is 407 g/mol. The highest BCUT2D eigenvalue weighted by atomic mass is 19.1. The van der Waals surface area contributed by atoms with Crippen molar-refractivity contribution in [2.24, 2.45) is 0 Å². The maximum atomic E-state index is 13.3. The summed E-state index contributed by atoms with van der Waals surface area (Å²) in [4.78, 5) is 26.7. The topological polar surface area (TPSA) is 79.3 Å². The maximum absolute atomic E-state index is 13.3. The molecule has 1 aliphatic heterocycles. The molecule has 1 fully saturated rings. The zero-order valence-corrected chi connectivity index (χ0v) is 16.3. The van der Waals surface area contributed by atoms with Gasteiger partial charge in [-0.1, -0.05) is 24.3 Å². The van der Waals surface area contributed by atoms with E-state index < -0.39 is 11.8 Å². The van der Waals surface area contributed by atoms with Crippen molar-refractivity contribution < 1.29 is 14.0 Å². The molecule has 0 radical (unpaired) electrons. The summed E-state index contributed by atoms with van der Waals surface area (Å²) in [5.74, 6) is 0.161. The number of carbonyl (C=O) groups excluding carboxylic acids is 2. The van der Waals surface area contributed by atoms with Gasteiger partial charge < -0.3 is 10.2 Å². The second kappa shape index (κ2) is 8.77. The van der Waals surface area contributed by atoms with Crippen molar-refractivity contribution in [1.82, 2.24) is 14.7 Å². The lowest BCUT2D eigenvalue weighted by atomic mass is 10.0. The molecule has 7 nitrogen and oxygen atoms in total. The van der Waals surface area contributed by atoms with Gasteiger partial charge in [-0.05, 0) is 43.2 Å². The second-order valence-corrected chi connectivity index (χ2v) is 7.14. The SMILES string of the molecule is O=C(Nc1cccc(F)c1)Nc1ccnn1C1CCN(C(=O)c2ccccc2)CC1. The quantitative estimate of drug-likeness (QED) is 0.682. The smallest absolute Gasteiger partial charge is 0.324 e. The van der Waals surface area contributed by atoms with E-state index >= 15 is 0 Å². The summed E-state index contributed by atoms with van der Waals surface area (Å²) in [6, 6.07) is 16.3. The summed E-state index contributed by atoms with van der Waals surface area (Å²) in [6.07, 6.45) is 3.10. The molecule has 0 atom stereocenters. The number of carbonyl (C=O) groups is 2. The van der Waals surface area contributed by atoms with Crippen molar-refractivity contribution in [3.05, 3.63) is 78.2 Å². The first-order valence-corrected chi connectivity index (χ1v) is 9.81. The minimum absolute atomic E-state index is 0.0299. The van der Waals surface area contributed by atoms with Gasteiger partial charge in [-0.15, -0.1) is 0 Å². The summed E-state index contributed by atoms with van der Waals surface area (Å²) >= 11 is 0. The van der Waals surface area contributed by atoms with E-state index in [0.717, 1.165) is 12.8 Å². The number of hydrogen-bond donors (Lipinski definition) is 2. The van der Waals surface area contributed by atoms with Crippen LogP contribution in [0.4, 0.5) is 20.7 Å². The van der Waals surface area contributed by atoms with Gasteiger partial charge in [-0.3, -0.25) is 10.1 Å². The zero-order chi connectivity index (χ0) is 20.9. The maximum Gasteiger partial charge on any atom is 0.324 e. The molecule has 0 spiro atoms. The van der Waals surface area contributed by atoms with Crippen LogP contribution in [0.15, 0.2) is 66.9 Å². The number of amides is 3. The Bertz CT molecular complexity index is 1030. The van der Waals surface area contributed by atoms with Crippen molar-refractivity contribution in [3.63, 3.8) is 0 Å². The summed E-state index contributed by atoms with van der Waals surface area (Å²) < 4.78 is 15.1. The number of nitrogens with one attached hydrogen (secondary N) is 2. The fraction of sp³-hybridized carbons (Fsp3) is 0.227. The lowest BCUT2D eigenvalue weighted by Gasteiger charge is -2.32. The third-order valence-corrected chi connectivity index (χ3v) is 5.11. The molecule has 3 amide bonds. The molecule has 3 aromatic rings. The Balaban J connectivity index is 1.36. The number of hydrogen-bond acceptors (Lipinski definition) is 3. The van der Waals surface area contributed by atoms with E-state index in [1.54, 1.807) is 23.0 Å². The molecule has 1 saturated heterocycles. The van der Waals surface area contributed by atoms with Crippen LogP contribution in [0.2, 0.25) is 0 Å². The largest absolute Gasteiger partial charge is 0.338 e. The molecule has 2 heterocycles.